The first-order valence-corrected chi connectivity index (χ1v) is 8.14. The second kappa shape index (κ2) is 5.75. The zero-order valence-electron chi connectivity index (χ0n) is 13.0. The van der Waals surface area contributed by atoms with Gasteiger partial charge in [-0.2, -0.15) is 0 Å². The SMILES string of the molecule is CN1CC[N+](C)=C1C(O)(c1ccccc1)c1sccc1[N+](=O)[O-]. The van der Waals surface area contributed by atoms with Gasteiger partial charge < -0.3 is 5.11 Å². The molecule has 1 aliphatic rings. The predicted molar refractivity (Wildman–Crippen MR) is 89.1 cm³/mol. The fourth-order valence-electron chi connectivity index (χ4n) is 3.11. The van der Waals surface area contributed by atoms with Gasteiger partial charge in [-0.15, -0.1) is 11.3 Å². The van der Waals surface area contributed by atoms with E-state index in [4.69, 9.17) is 0 Å². The molecule has 120 valence electrons. The van der Waals surface area contributed by atoms with Crippen molar-refractivity contribution in [3.05, 3.63) is 62.3 Å². The van der Waals surface area contributed by atoms with Gasteiger partial charge in [0.15, 0.2) is 0 Å². The Hall–Kier alpha value is -2.25. The lowest BCUT2D eigenvalue weighted by Crippen LogP contribution is -2.46. The van der Waals surface area contributed by atoms with Crippen LogP contribution in [0.15, 0.2) is 41.8 Å². The van der Waals surface area contributed by atoms with E-state index in [0.29, 0.717) is 16.3 Å². The number of aliphatic hydroxyl groups is 1. The molecule has 0 bridgehead atoms. The molecule has 6 nitrogen and oxygen atoms in total. The van der Waals surface area contributed by atoms with E-state index in [0.717, 1.165) is 13.1 Å². The van der Waals surface area contributed by atoms with Gasteiger partial charge in [-0.25, -0.2) is 0 Å². The van der Waals surface area contributed by atoms with E-state index >= 15 is 0 Å². The van der Waals surface area contributed by atoms with E-state index in [1.165, 1.54) is 17.4 Å². The van der Waals surface area contributed by atoms with Crippen LogP contribution in [-0.4, -0.2) is 52.5 Å². The molecule has 1 aromatic carbocycles. The number of amidine groups is 1. The lowest BCUT2D eigenvalue weighted by atomic mass is 9.89. The van der Waals surface area contributed by atoms with E-state index in [1.54, 1.807) is 17.5 Å². The topological polar surface area (TPSA) is 69.6 Å². The van der Waals surface area contributed by atoms with Crippen LogP contribution in [0.2, 0.25) is 0 Å². The molecule has 3 rings (SSSR count). The molecule has 0 fully saturated rings. The largest absolute Gasteiger partial charge is 0.369 e. The third-order valence-corrected chi connectivity index (χ3v) is 5.19. The Morgan fingerprint density at radius 1 is 1.35 bits per heavy atom. The second-order valence-electron chi connectivity index (χ2n) is 5.64. The molecule has 0 aliphatic carbocycles. The van der Waals surface area contributed by atoms with E-state index in [2.05, 4.69) is 0 Å². The molecule has 0 amide bonds. The summed E-state index contributed by atoms with van der Waals surface area (Å²) in [6.07, 6.45) is 0. The minimum Gasteiger partial charge on any atom is -0.369 e. The Bertz CT molecular complexity index is 772. The molecule has 7 heteroatoms. The van der Waals surface area contributed by atoms with E-state index in [9.17, 15) is 15.2 Å². The van der Waals surface area contributed by atoms with Crippen LogP contribution in [0.3, 0.4) is 0 Å². The van der Waals surface area contributed by atoms with Crippen LogP contribution < -0.4 is 0 Å². The zero-order valence-corrected chi connectivity index (χ0v) is 13.8. The van der Waals surface area contributed by atoms with Gasteiger partial charge in [0.2, 0.25) is 5.60 Å². The summed E-state index contributed by atoms with van der Waals surface area (Å²) in [4.78, 5) is 13.3. The van der Waals surface area contributed by atoms with Gasteiger partial charge in [0.05, 0.1) is 19.0 Å². The minimum absolute atomic E-state index is 0.0532. The Morgan fingerprint density at radius 3 is 2.61 bits per heavy atom. The summed E-state index contributed by atoms with van der Waals surface area (Å²) in [5.41, 5.74) is -0.971. The number of nitrogens with zero attached hydrogens (tertiary/aromatic N) is 3. The lowest BCUT2D eigenvalue weighted by Gasteiger charge is -2.27. The van der Waals surface area contributed by atoms with E-state index in [1.807, 2.05) is 41.8 Å². The fourth-order valence-corrected chi connectivity index (χ4v) is 4.09. The first-order valence-electron chi connectivity index (χ1n) is 7.26. The molecule has 0 radical (unpaired) electrons. The van der Waals surface area contributed by atoms with Crippen molar-refractivity contribution >= 4 is 22.9 Å². The number of hydrogen-bond acceptors (Lipinski definition) is 5. The highest BCUT2D eigenvalue weighted by Crippen LogP contribution is 2.41. The molecule has 23 heavy (non-hydrogen) atoms. The van der Waals surface area contributed by atoms with Crippen LogP contribution >= 0.6 is 11.3 Å². The monoisotopic (exact) mass is 332 g/mol. The standard InChI is InChI=1S/C16H18N3O3S/c1-17-9-10-18(2)15(17)16(20,12-6-4-3-5-7-12)14-13(19(21)22)8-11-23-14/h3-8,11,20H,9-10H2,1-2H3/q+1. The maximum atomic E-state index is 11.7. The van der Waals surface area contributed by atoms with Crippen molar-refractivity contribution in [3.8, 4) is 0 Å². The quantitative estimate of drug-likeness (QED) is 0.527. The van der Waals surface area contributed by atoms with Crippen LogP contribution in [0.5, 0.6) is 0 Å². The second-order valence-corrected chi connectivity index (χ2v) is 6.55. The lowest BCUT2D eigenvalue weighted by molar-refractivity contribution is -0.491. The average molecular weight is 332 g/mol. The van der Waals surface area contributed by atoms with Gasteiger partial charge in [0.25, 0.3) is 11.5 Å². The molecular weight excluding hydrogens is 314 g/mol. The van der Waals surface area contributed by atoms with Crippen molar-refractivity contribution in [2.75, 3.05) is 27.2 Å². The average Bonchev–Trinajstić information content (AvgIpc) is 3.15. The summed E-state index contributed by atoms with van der Waals surface area (Å²) >= 11 is 1.20. The van der Waals surface area contributed by atoms with Crippen LogP contribution in [0.4, 0.5) is 5.69 Å². The number of thiophene rings is 1. The third-order valence-electron chi connectivity index (χ3n) is 4.18. The Morgan fingerprint density at radius 2 is 2.04 bits per heavy atom. The molecule has 0 saturated carbocycles. The molecular formula is C16H18N3O3S+. The number of benzene rings is 1. The predicted octanol–water partition coefficient (Wildman–Crippen LogP) is 1.88. The molecule has 2 heterocycles. The van der Waals surface area contributed by atoms with Crippen LogP contribution in [0.1, 0.15) is 10.4 Å². The maximum absolute atomic E-state index is 11.7. The van der Waals surface area contributed by atoms with Gasteiger partial charge in [-0.1, -0.05) is 30.3 Å². The fraction of sp³-hybridized carbons (Fsp3) is 0.312. The third kappa shape index (κ3) is 2.42. The van der Waals surface area contributed by atoms with Crippen LogP contribution in [-0.2, 0) is 5.60 Å². The molecule has 1 aromatic heterocycles. The smallest absolute Gasteiger partial charge is 0.289 e. The molecule has 1 atom stereocenters. The van der Waals surface area contributed by atoms with Gasteiger partial charge in [-0.3, -0.25) is 19.6 Å². The van der Waals surface area contributed by atoms with Crippen LogP contribution in [0.25, 0.3) is 0 Å². The highest BCUT2D eigenvalue weighted by Gasteiger charge is 2.52. The molecule has 2 aromatic rings. The van der Waals surface area contributed by atoms with Crippen molar-refractivity contribution in [1.82, 2.24) is 4.90 Å². The summed E-state index contributed by atoms with van der Waals surface area (Å²) < 4.78 is 1.95. The zero-order chi connectivity index (χ0) is 16.6. The highest BCUT2D eigenvalue weighted by molar-refractivity contribution is 7.10. The summed E-state index contributed by atoms with van der Waals surface area (Å²) in [5, 5.41) is 24.8. The van der Waals surface area contributed by atoms with Gasteiger partial charge in [0.1, 0.15) is 18.0 Å². The van der Waals surface area contributed by atoms with Crippen molar-refractivity contribution in [2.45, 2.75) is 5.60 Å². The number of nitro groups is 1. The van der Waals surface area contributed by atoms with Crippen molar-refractivity contribution < 1.29 is 14.6 Å². The first-order chi connectivity index (χ1) is 11.0. The van der Waals surface area contributed by atoms with Crippen molar-refractivity contribution in [2.24, 2.45) is 0 Å². The summed E-state index contributed by atoms with van der Waals surface area (Å²) in [5.74, 6) is 0.661. The van der Waals surface area contributed by atoms with Gasteiger partial charge in [-0.05, 0) is 5.38 Å². The number of rotatable bonds is 4. The Labute approximate surface area is 138 Å². The number of hydrogen-bond donors (Lipinski definition) is 1. The molecule has 1 N–H and O–H groups in total. The highest BCUT2D eigenvalue weighted by atomic mass is 32.1. The molecule has 0 saturated heterocycles. The van der Waals surface area contributed by atoms with E-state index < -0.39 is 10.5 Å². The molecule has 1 aliphatic heterocycles. The number of likely N-dealkylation sites (N-methyl/N-ethyl adjacent to an activating group) is 2. The van der Waals surface area contributed by atoms with Crippen LogP contribution in [0, 0.1) is 10.1 Å². The summed E-state index contributed by atoms with van der Waals surface area (Å²) in [6, 6.07) is 10.6. The maximum Gasteiger partial charge on any atom is 0.289 e. The first kappa shape index (κ1) is 15.6. The Balaban J connectivity index is 2.30. The van der Waals surface area contributed by atoms with Gasteiger partial charge >= 0.3 is 0 Å². The molecule has 0 spiro atoms. The van der Waals surface area contributed by atoms with Crippen molar-refractivity contribution in [3.63, 3.8) is 0 Å². The minimum atomic E-state index is -1.54. The summed E-state index contributed by atoms with van der Waals surface area (Å²) in [7, 11) is 3.79. The molecule has 1 unspecified atom stereocenters. The van der Waals surface area contributed by atoms with Gasteiger partial charge in [0, 0.05) is 11.6 Å². The Kier molecular flexibility index (Phi) is 3.91. The van der Waals surface area contributed by atoms with E-state index in [-0.39, 0.29) is 5.69 Å². The summed E-state index contributed by atoms with van der Waals surface area (Å²) in [6.45, 7) is 1.53. The van der Waals surface area contributed by atoms with Crippen molar-refractivity contribution in [1.29, 1.82) is 0 Å². The normalized spacial score (nSPS) is 17.4.